The van der Waals surface area contributed by atoms with Crippen LogP contribution in [0.1, 0.15) is 83.5 Å². The third-order valence-corrected chi connectivity index (χ3v) is 5.96. The lowest BCUT2D eigenvalue weighted by atomic mass is 9.60. The fourth-order valence-electron chi connectivity index (χ4n) is 4.38. The van der Waals surface area contributed by atoms with E-state index in [9.17, 15) is 9.59 Å². The molecule has 0 atom stereocenters. The zero-order chi connectivity index (χ0) is 20.0. The zero-order valence-corrected chi connectivity index (χ0v) is 17.1. The van der Waals surface area contributed by atoms with Crippen molar-refractivity contribution in [3.63, 3.8) is 0 Å². The molecule has 0 unspecified atom stereocenters. The van der Waals surface area contributed by atoms with Gasteiger partial charge in [0.2, 0.25) is 0 Å². The van der Waals surface area contributed by atoms with Crippen LogP contribution in [-0.2, 0) is 15.6 Å². The van der Waals surface area contributed by atoms with Gasteiger partial charge < -0.3 is 4.74 Å². The van der Waals surface area contributed by atoms with E-state index in [2.05, 4.69) is 40.7 Å². The second-order valence-corrected chi connectivity index (χ2v) is 8.85. The number of methoxy groups -OCH3 is 1. The number of esters is 1. The number of carbonyl (C=O) groups is 2. The summed E-state index contributed by atoms with van der Waals surface area (Å²) in [7, 11) is 1.35. The molecule has 3 rings (SSSR count). The van der Waals surface area contributed by atoms with Gasteiger partial charge in [0.1, 0.15) is 0 Å². The summed E-state index contributed by atoms with van der Waals surface area (Å²) < 4.78 is 4.74. The summed E-state index contributed by atoms with van der Waals surface area (Å²) in [5, 5.41) is 0. The van der Waals surface area contributed by atoms with E-state index >= 15 is 0 Å². The topological polar surface area (TPSA) is 43.4 Å². The van der Waals surface area contributed by atoms with Crippen LogP contribution < -0.4 is 0 Å². The van der Waals surface area contributed by atoms with Crippen molar-refractivity contribution in [3.8, 4) is 0 Å². The fourth-order valence-corrected chi connectivity index (χ4v) is 4.38. The predicted molar refractivity (Wildman–Crippen MR) is 108 cm³/mol. The fraction of sp³-hybridized carbons (Fsp3) is 0.417. The molecule has 3 heteroatoms. The molecule has 0 saturated carbocycles. The number of fused-ring (bicyclic) bond motifs is 1. The van der Waals surface area contributed by atoms with Crippen LogP contribution in [0.15, 0.2) is 36.4 Å². The molecule has 0 radical (unpaired) electrons. The van der Waals surface area contributed by atoms with Crippen molar-refractivity contribution in [3.05, 3.63) is 69.8 Å². The Labute approximate surface area is 161 Å². The number of benzene rings is 2. The van der Waals surface area contributed by atoms with Gasteiger partial charge in [-0.05, 0) is 59.4 Å². The van der Waals surface area contributed by atoms with Gasteiger partial charge in [0.15, 0.2) is 5.78 Å². The first-order valence-corrected chi connectivity index (χ1v) is 9.46. The van der Waals surface area contributed by atoms with Gasteiger partial charge in [-0.2, -0.15) is 0 Å². The van der Waals surface area contributed by atoms with E-state index < -0.39 is 5.97 Å². The summed E-state index contributed by atoms with van der Waals surface area (Å²) in [5.41, 5.74) is 5.57. The maximum Gasteiger partial charge on any atom is 0.337 e. The number of rotatable bonds is 3. The van der Waals surface area contributed by atoms with Crippen LogP contribution in [0.25, 0.3) is 0 Å². The molecule has 3 nitrogen and oxygen atoms in total. The Hall–Kier alpha value is -2.42. The Morgan fingerprint density at radius 2 is 1.33 bits per heavy atom. The molecule has 1 aliphatic carbocycles. The Balaban J connectivity index is 2.13. The minimum absolute atomic E-state index is 0.00782. The van der Waals surface area contributed by atoms with Crippen LogP contribution in [0.3, 0.4) is 0 Å². The van der Waals surface area contributed by atoms with Crippen molar-refractivity contribution in [1.29, 1.82) is 0 Å². The largest absolute Gasteiger partial charge is 0.465 e. The standard InChI is InChI=1S/C24H28O3/c1-15-7-12-18(20-19(15)23(2,3)13-14-24(20,4)5)21(25)16-8-10-17(11-9-16)22(26)27-6/h7-12H,13-14H2,1-6H3. The molecule has 0 fully saturated rings. The highest BCUT2D eigenvalue weighted by molar-refractivity contribution is 6.10. The number of hydrogen-bond donors (Lipinski definition) is 0. The lowest BCUT2D eigenvalue weighted by Gasteiger charge is -2.44. The summed E-state index contributed by atoms with van der Waals surface area (Å²) >= 11 is 0. The second-order valence-electron chi connectivity index (χ2n) is 8.85. The van der Waals surface area contributed by atoms with Crippen molar-refractivity contribution >= 4 is 11.8 Å². The van der Waals surface area contributed by atoms with Crippen molar-refractivity contribution in [2.75, 3.05) is 7.11 Å². The maximum absolute atomic E-state index is 13.4. The lowest BCUT2D eigenvalue weighted by Crippen LogP contribution is -2.36. The third-order valence-electron chi connectivity index (χ3n) is 5.96. The van der Waals surface area contributed by atoms with Gasteiger partial charge in [-0.25, -0.2) is 4.79 Å². The first-order valence-electron chi connectivity index (χ1n) is 9.46. The van der Waals surface area contributed by atoms with E-state index in [1.54, 1.807) is 24.3 Å². The molecule has 0 aromatic heterocycles. The van der Waals surface area contributed by atoms with E-state index in [1.165, 1.54) is 23.8 Å². The molecule has 0 amide bonds. The molecule has 2 aromatic rings. The molecule has 1 aliphatic rings. The molecule has 0 aliphatic heterocycles. The van der Waals surface area contributed by atoms with E-state index in [0.29, 0.717) is 11.1 Å². The van der Waals surface area contributed by atoms with Crippen molar-refractivity contribution in [1.82, 2.24) is 0 Å². The van der Waals surface area contributed by atoms with Gasteiger partial charge in [0.25, 0.3) is 0 Å². The molecule has 142 valence electrons. The van der Waals surface area contributed by atoms with E-state index in [-0.39, 0.29) is 16.6 Å². The molecule has 0 N–H and O–H groups in total. The molecule has 0 spiro atoms. The van der Waals surface area contributed by atoms with Gasteiger partial charge >= 0.3 is 5.97 Å². The number of carbonyl (C=O) groups excluding carboxylic acids is 2. The first-order chi connectivity index (χ1) is 12.6. The summed E-state index contributed by atoms with van der Waals surface area (Å²) in [6.45, 7) is 11.2. The van der Waals surface area contributed by atoms with E-state index in [0.717, 1.165) is 18.4 Å². The monoisotopic (exact) mass is 364 g/mol. The molecular formula is C24H28O3. The third kappa shape index (κ3) is 3.31. The normalized spacial score (nSPS) is 17.1. The number of hydrogen-bond acceptors (Lipinski definition) is 3. The van der Waals surface area contributed by atoms with Crippen molar-refractivity contribution in [2.24, 2.45) is 0 Å². The number of aryl methyl sites for hydroxylation is 1. The minimum Gasteiger partial charge on any atom is -0.465 e. The van der Waals surface area contributed by atoms with Crippen LogP contribution >= 0.6 is 0 Å². The molecule has 2 aromatic carbocycles. The molecule has 27 heavy (non-hydrogen) atoms. The Bertz CT molecular complexity index is 902. The van der Waals surface area contributed by atoms with Crippen LogP contribution in [-0.4, -0.2) is 18.9 Å². The molecule has 0 saturated heterocycles. The highest BCUT2D eigenvalue weighted by Gasteiger charge is 2.40. The summed E-state index contributed by atoms with van der Waals surface area (Å²) in [6, 6.07) is 10.7. The van der Waals surface area contributed by atoms with E-state index in [1.807, 2.05) is 6.07 Å². The molecule has 0 bridgehead atoms. The zero-order valence-electron chi connectivity index (χ0n) is 17.1. The van der Waals surface area contributed by atoms with Crippen LogP contribution in [0.4, 0.5) is 0 Å². The number of ketones is 1. The quantitative estimate of drug-likeness (QED) is 0.544. The van der Waals surface area contributed by atoms with E-state index in [4.69, 9.17) is 4.74 Å². The summed E-state index contributed by atoms with van der Waals surface area (Å²) in [6.07, 6.45) is 2.16. The lowest BCUT2D eigenvalue weighted by molar-refractivity contribution is 0.0600. The second kappa shape index (κ2) is 6.63. The Morgan fingerprint density at radius 1 is 0.815 bits per heavy atom. The first kappa shape index (κ1) is 19.3. The minimum atomic E-state index is -0.399. The van der Waals surface area contributed by atoms with Crippen LogP contribution in [0.2, 0.25) is 0 Å². The van der Waals surface area contributed by atoms with Crippen molar-refractivity contribution in [2.45, 2.75) is 58.3 Å². The van der Waals surface area contributed by atoms with Crippen LogP contribution in [0.5, 0.6) is 0 Å². The average molecular weight is 364 g/mol. The maximum atomic E-state index is 13.4. The average Bonchev–Trinajstić information content (AvgIpc) is 2.64. The highest BCUT2D eigenvalue weighted by Crippen LogP contribution is 2.48. The van der Waals surface area contributed by atoms with Gasteiger partial charge in [-0.3, -0.25) is 4.79 Å². The Kier molecular flexibility index (Phi) is 4.75. The Morgan fingerprint density at radius 3 is 1.89 bits per heavy atom. The van der Waals surface area contributed by atoms with Gasteiger partial charge in [0.05, 0.1) is 12.7 Å². The van der Waals surface area contributed by atoms with Gasteiger partial charge in [-0.15, -0.1) is 0 Å². The summed E-state index contributed by atoms with van der Waals surface area (Å²) in [4.78, 5) is 25.0. The highest BCUT2D eigenvalue weighted by atomic mass is 16.5. The summed E-state index contributed by atoms with van der Waals surface area (Å²) in [5.74, 6) is -0.391. The number of ether oxygens (including phenoxy) is 1. The van der Waals surface area contributed by atoms with Gasteiger partial charge in [-0.1, -0.05) is 52.0 Å². The SMILES string of the molecule is COC(=O)c1ccc(C(=O)c2ccc(C)c3c2C(C)(C)CCC3(C)C)cc1. The van der Waals surface area contributed by atoms with Crippen molar-refractivity contribution < 1.29 is 14.3 Å². The predicted octanol–water partition coefficient (Wildman–Crippen LogP) is 5.36. The molecule has 0 heterocycles. The van der Waals surface area contributed by atoms with Gasteiger partial charge in [0, 0.05) is 11.1 Å². The molecular weight excluding hydrogens is 336 g/mol. The van der Waals surface area contributed by atoms with Crippen LogP contribution in [0, 0.1) is 6.92 Å². The smallest absolute Gasteiger partial charge is 0.337 e.